The molecular weight excluding hydrogens is 426 g/mol. The first-order valence-corrected chi connectivity index (χ1v) is 11.8. The molecule has 1 N–H and O–H groups in total. The molecule has 7 heteroatoms. The Bertz CT molecular complexity index is 1080. The third kappa shape index (κ3) is 7.51. The van der Waals surface area contributed by atoms with Gasteiger partial charge in [-0.05, 0) is 43.0 Å². The van der Waals surface area contributed by atoms with E-state index in [4.69, 9.17) is 8.92 Å². The van der Waals surface area contributed by atoms with Gasteiger partial charge in [-0.25, -0.2) is 4.79 Å². The molecule has 1 atom stereocenters. The summed E-state index contributed by atoms with van der Waals surface area (Å²) in [6, 6.07) is 25.0. The van der Waals surface area contributed by atoms with Crippen LogP contribution in [0.5, 0.6) is 0 Å². The normalized spacial score (nSPS) is 12.2. The largest absolute Gasteiger partial charge is 0.445 e. The van der Waals surface area contributed by atoms with E-state index < -0.39 is 22.3 Å². The molecule has 168 valence electrons. The van der Waals surface area contributed by atoms with Gasteiger partial charge in [-0.2, -0.15) is 8.42 Å². The summed E-state index contributed by atoms with van der Waals surface area (Å²) < 4.78 is 35.7. The van der Waals surface area contributed by atoms with Gasteiger partial charge in [0.15, 0.2) is 0 Å². The van der Waals surface area contributed by atoms with Crippen LogP contribution < -0.4 is 5.32 Å². The molecule has 1 unspecified atom stereocenters. The maximum absolute atomic E-state index is 12.6. The smallest absolute Gasteiger partial charge is 0.407 e. The molecule has 0 bridgehead atoms. The van der Waals surface area contributed by atoms with Gasteiger partial charge in [0, 0.05) is 0 Å². The van der Waals surface area contributed by atoms with Crippen LogP contribution in [0.25, 0.3) is 0 Å². The summed E-state index contributed by atoms with van der Waals surface area (Å²) in [5.41, 5.74) is 2.90. The molecule has 1 amide bonds. The summed E-state index contributed by atoms with van der Waals surface area (Å²) in [5.74, 6) is 0. The molecule has 0 heterocycles. The Morgan fingerprint density at radius 1 is 0.875 bits per heavy atom. The number of rotatable bonds is 10. The summed E-state index contributed by atoms with van der Waals surface area (Å²) in [6.07, 6.45) is 0.523. The minimum Gasteiger partial charge on any atom is -0.445 e. The number of amides is 1. The van der Waals surface area contributed by atoms with Gasteiger partial charge in [0.25, 0.3) is 10.1 Å². The minimum absolute atomic E-state index is 0.0802. The highest BCUT2D eigenvalue weighted by Crippen LogP contribution is 2.15. The van der Waals surface area contributed by atoms with E-state index in [1.807, 2.05) is 67.6 Å². The Labute approximate surface area is 189 Å². The van der Waals surface area contributed by atoms with Crippen molar-refractivity contribution >= 4 is 16.2 Å². The molecule has 0 aliphatic carbocycles. The number of benzene rings is 3. The van der Waals surface area contributed by atoms with Gasteiger partial charge in [-0.15, -0.1) is 0 Å². The fourth-order valence-electron chi connectivity index (χ4n) is 3.06. The second-order valence-electron chi connectivity index (χ2n) is 7.48. The maximum Gasteiger partial charge on any atom is 0.407 e. The van der Waals surface area contributed by atoms with E-state index in [0.717, 1.165) is 16.7 Å². The molecule has 0 aliphatic rings. The van der Waals surface area contributed by atoms with Crippen LogP contribution in [-0.2, 0) is 32.1 Å². The van der Waals surface area contributed by atoms with Crippen molar-refractivity contribution in [3.8, 4) is 0 Å². The molecular formula is C25H27NO5S. The van der Waals surface area contributed by atoms with Gasteiger partial charge in [-0.3, -0.25) is 4.18 Å². The lowest BCUT2D eigenvalue weighted by Crippen LogP contribution is -2.39. The van der Waals surface area contributed by atoms with Crippen molar-refractivity contribution in [3.05, 3.63) is 102 Å². The number of ether oxygens (including phenoxy) is 1. The van der Waals surface area contributed by atoms with E-state index in [0.29, 0.717) is 12.8 Å². The summed E-state index contributed by atoms with van der Waals surface area (Å²) in [5, 5.41) is 2.74. The Kier molecular flexibility index (Phi) is 8.41. The average molecular weight is 454 g/mol. The van der Waals surface area contributed by atoms with Crippen molar-refractivity contribution in [1.29, 1.82) is 0 Å². The lowest BCUT2D eigenvalue weighted by Gasteiger charge is -2.19. The van der Waals surface area contributed by atoms with Crippen LogP contribution in [0.4, 0.5) is 4.79 Å². The Morgan fingerprint density at radius 3 is 2.09 bits per heavy atom. The summed E-state index contributed by atoms with van der Waals surface area (Å²) in [6.45, 7) is 1.81. The Hall–Kier alpha value is -3.16. The SMILES string of the molecule is Cc1ccc(S(=O)(=O)OCC(CCc2ccccc2)NC(=O)OCc2ccccc2)cc1. The molecule has 0 aromatic heterocycles. The first-order valence-electron chi connectivity index (χ1n) is 10.4. The zero-order chi connectivity index (χ0) is 22.8. The van der Waals surface area contributed by atoms with Crippen molar-refractivity contribution in [2.75, 3.05) is 6.61 Å². The standard InChI is InChI=1S/C25H27NO5S/c1-20-12-16-24(17-13-20)32(28,29)31-19-23(15-14-21-8-4-2-5-9-21)26-25(27)30-18-22-10-6-3-7-11-22/h2-13,16-17,23H,14-15,18-19H2,1H3,(H,26,27). The van der Waals surface area contributed by atoms with E-state index in [1.54, 1.807) is 12.1 Å². The molecule has 0 aliphatic heterocycles. The predicted molar refractivity (Wildman–Crippen MR) is 123 cm³/mol. The number of hydrogen-bond acceptors (Lipinski definition) is 5. The third-order valence-corrected chi connectivity index (χ3v) is 6.19. The highest BCUT2D eigenvalue weighted by molar-refractivity contribution is 7.86. The predicted octanol–water partition coefficient (Wildman–Crippen LogP) is 4.63. The number of nitrogens with one attached hydrogen (secondary N) is 1. The first-order chi connectivity index (χ1) is 15.4. The second kappa shape index (κ2) is 11.5. The molecule has 0 radical (unpaired) electrons. The van der Waals surface area contributed by atoms with Gasteiger partial charge in [0.1, 0.15) is 6.61 Å². The quantitative estimate of drug-likeness (QED) is 0.453. The maximum atomic E-state index is 12.6. The van der Waals surface area contributed by atoms with E-state index in [9.17, 15) is 13.2 Å². The van der Waals surface area contributed by atoms with Gasteiger partial charge in [0.2, 0.25) is 0 Å². The minimum atomic E-state index is -3.94. The summed E-state index contributed by atoms with van der Waals surface area (Å²) in [4.78, 5) is 12.4. The topological polar surface area (TPSA) is 81.7 Å². The van der Waals surface area contributed by atoms with E-state index in [2.05, 4.69) is 5.32 Å². The zero-order valence-electron chi connectivity index (χ0n) is 17.9. The number of carbonyl (C=O) groups excluding carboxylic acids is 1. The lowest BCUT2D eigenvalue weighted by atomic mass is 10.1. The van der Waals surface area contributed by atoms with Crippen molar-refractivity contribution in [2.45, 2.75) is 37.3 Å². The average Bonchev–Trinajstić information content (AvgIpc) is 2.81. The fourth-order valence-corrected chi connectivity index (χ4v) is 4.01. The van der Waals surface area contributed by atoms with Crippen LogP contribution in [0.3, 0.4) is 0 Å². The fraction of sp³-hybridized carbons (Fsp3) is 0.240. The Morgan fingerprint density at radius 2 is 1.47 bits per heavy atom. The number of carbonyl (C=O) groups is 1. The highest BCUT2D eigenvalue weighted by Gasteiger charge is 2.20. The highest BCUT2D eigenvalue weighted by atomic mass is 32.2. The molecule has 0 fully saturated rings. The molecule has 3 rings (SSSR count). The first kappa shape index (κ1) is 23.5. The third-order valence-electron chi connectivity index (χ3n) is 4.89. The lowest BCUT2D eigenvalue weighted by molar-refractivity contribution is 0.130. The Balaban J connectivity index is 1.61. The van der Waals surface area contributed by atoms with Crippen molar-refractivity contribution in [3.63, 3.8) is 0 Å². The monoisotopic (exact) mass is 453 g/mol. The molecule has 0 saturated heterocycles. The van der Waals surface area contributed by atoms with Crippen LogP contribution in [0.15, 0.2) is 89.8 Å². The number of hydrogen-bond donors (Lipinski definition) is 1. The molecule has 0 saturated carbocycles. The van der Waals surface area contributed by atoms with E-state index >= 15 is 0 Å². The van der Waals surface area contributed by atoms with Crippen LogP contribution >= 0.6 is 0 Å². The van der Waals surface area contributed by atoms with Crippen LogP contribution in [0, 0.1) is 6.92 Å². The van der Waals surface area contributed by atoms with Gasteiger partial charge >= 0.3 is 6.09 Å². The molecule has 3 aromatic carbocycles. The van der Waals surface area contributed by atoms with Crippen molar-refractivity contribution < 1.29 is 22.1 Å². The molecule has 0 spiro atoms. The molecule has 3 aromatic rings. The van der Waals surface area contributed by atoms with Gasteiger partial charge in [-0.1, -0.05) is 78.4 Å². The van der Waals surface area contributed by atoms with Crippen molar-refractivity contribution in [1.82, 2.24) is 5.32 Å². The molecule has 6 nitrogen and oxygen atoms in total. The van der Waals surface area contributed by atoms with Crippen molar-refractivity contribution in [2.24, 2.45) is 0 Å². The van der Waals surface area contributed by atoms with Gasteiger partial charge in [0.05, 0.1) is 17.5 Å². The van der Waals surface area contributed by atoms with Crippen LogP contribution in [0.2, 0.25) is 0 Å². The number of alkyl carbamates (subject to hydrolysis) is 1. The number of aryl methyl sites for hydroxylation is 2. The summed E-state index contributed by atoms with van der Waals surface area (Å²) >= 11 is 0. The van der Waals surface area contributed by atoms with Crippen LogP contribution in [0.1, 0.15) is 23.1 Å². The summed E-state index contributed by atoms with van der Waals surface area (Å²) in [7, 11) is -3.94. The van der Waals surface area contributed by atoms with Crippen LogP contribution in [-0.4, -0.2) is 27.2 Å². The van der Waals surface area contributed by atoms with E-state index in [1.165, 1.54) is 12.1 Å². The zero-order valence-corrected chi connectivity index (χ0v) is 18.8. The van der Waals surface area contributed by atoms with Gasteiger partial charge < -0.3 is 10.1 Å². The molecule has 32 heavy (non-hydrogen) atoms. The van der Waals surface area contributed by atoms with E-state index in [-0.39, 0.29) is 18.1 Å². The second-order valence-corrected chi connectivity index (χ2v) is 9.09.